The smallest absolute Gasteiger partial charge is 0.251 e. The predicted molar refractivity (Wildman–Crippen MR) is 120 cm³/mol. The lowest BCUT2D eigenvalue weighted by Crippen LogP contribution is -2.32. The molecule has 0 spiro atoms. The fourth-order valence-corrected chi connectivity index (χ4v) is 3.71. The lowest BCUT2D eigenvalue weighted by molar-refractivity contribution is 0.0923. The molecule has 3 aromatic heterocycles. The maximum Gasteiger partial charge on any atom is 0.251 e. The van der Waals surface area contributed by atoms with Crippen molar-refractivity contribution in [3.8, 4) is 17.3 Å². The van der Waals surface area contributed by atoms with Gasteiger partial charge in [0.1, 0.15) is 23.5 Å². The summed E-state index contributed by atoms with van der Waals surface area (Å²) in [6, 6.07) is 12.7. The molecule has 0 aliphatic carbocycles. The third-order valence-electron chi connectivity index (χ3n) is 5.45. The molecule has 5 rings (SSSR count). The highest BCUT2D eigenvalue weighted by atomic mass is 16.5. The van der Waals surface area contributed by atoms with E-state index in [1.807, 2.05) is 41.9 Å². The van der Waals surface area contributed by atoms with Gasteiger partial charge in [-0.05, 0) is 36.4 Å². The zero-order valence-corrected chi connectivity index (χ0v) is 18.0. The monoisotopic (exact) mass is 442 g/mol. The minimum atomic E-state index is -0.182. The molecule has 0 saturated heterocycles. The minimum Gasteiger partial charge on any atom is -0.491 e. The molecule has 2 N–H and O–H groups in total. The third-order valence-corrected chi connectivity index (χ3v) is 5.45. The molecule has 1 aliphatic rings. The number of benzene rings is 1. The second-order valence-corrected chi connectivity index (χ2v) is 7.58. The molecule has 1 unspecified atom stereocenters. The summed E-state index contributed by atoms with van der Waals surface area (Å²) in [5, 5.41) is 14.9. The van der Waals surface area contributed by atoms with Gasteiger partial charge in [0.15, 0.2) is 11.6 Å². The Hall–Kier alpha value is -4.34. The van der Waals surface area contributed by atoms with E-state index in [0.29, 0.717) is 36.7 Å². The van der Waals surface area contributed by atoms with E-state index in [2.05, 4.69) is 35.8 Å². The Labute approximate surface area is 190 Å². The van der Waals surface area contributed by atoms with E-state index in [1.165, 1.54) is 6.33 Å². The Morgan fingerprint density at radius 2 is 2.09 bits per heavy atom. The molecule has 1 aliphatic heterocycles. The van der Waals surface area contributed by atoms with Crippen molar-refractivity contribution in [1.29, 1.82) is 0 Å². The zero-order chi connectivity index (χ0) is 22.6. The van der Waals surface area contributed by atoms with Crippen LogP contribution in [0.1, 0.15) is 34.3 Å². The van der Waals surface area contributed by atoms with E-state index in [9.17, 15) is 4.79 Å². The van der Waals surface area contributed by atoms with E-state index < -0.39 is 0 Å². The first-order valence-electron chi connectivity index (χ1n) is 10.6. The van der Waals surface area contributed by atoms with Crippen molar-refractivity contribution >= 4 is 11.6 Å². The van der Waals surface area contributed by atoms with Crippen LogP contribution in [0.4, 0.5) is 5.69 Å². The van der Waals surface area contributed by atoms with E-state index in [4.69, 9.17) is 4.74 Å². The Bertz CT molecular complexity index is 1270. The molecular weight excluding hydrogens is 420 g/mol. The maximum absolute atomic E-state index is 12.9. The fraction of sp³-hybridized carbons (Fsp3) is 0.217. The van der Waals surface area contributed by atoms with Gasteiger partial charge in [0.05, 0.1) is 19.2 Å². The molecule has 0 bridgehead atoms. The Morgan fingerprint density at radius 3 is 2.97 bits per heavy atom. The molecule has 10 nitrogen and oxygen atoms in total. The average Bonchev–Trinajstić information content (AvgIpc) is 3.24. The number of pyridine rings is 1. The average molecular weight is 442 g/mol. The van der Waals surface area contributed by atoms with Crippen LogP contribution in [0.15, 0.2) is 61.2 Å². The molecule has 0 radical (unpaired) electrons. The fourth-order valence-electron chi connectivity index (χ4n) is 3.71. The molecule has 1 atom stereocenters. The van der Waals surface area contributed by atoms with Crippen LogP contribution in [0.25, 0.3) is 11.5 Å². The van der Waals surface area contributed by atoms with Crippen LogP contribution in [-0.4, -0.2) is 42.2 Å². The Balaban J connectivity index is 1.26. The number of fused-ring (bicyclic) bond motifs is 1. The van der Waals surface area contributed by atoms with Gasteiger partial charge in [0.2, 0.25) is 0 Å². The van der Waals surface area contributed by atoms with Crippen molar-refractivity contribution in [2.45, 2.75) is 19.0 Å². The molecule has 4 heterocycles. The second kappa shape index (κ2) is 9.03. The summed E-state index contributed by atoms with van der Waals surface area (Å²) < 4.78 is 7.51. The van der Waals surface area contributed by atoms with E-state index in [0.717, 1.165) is 23.0 Å². The van der Waals surface area contributed by atoms with Gasteiger partial charge in [0.25, 0.3) is 5.91 Å². The molecule has 1 aromatic carbocycles. The van der Waals surface area contributed by atoms with E-state index >= 15 is 0 Å². The summed E-state index contributed by atoms with van der Waals surface area (Å²) in [4.78, 5) is 25.5. The van der Waals surface area contributed by atoms with Gasteiger partial charge in [-0.15, -0.1) is 10.2 Å². The predicted octanol–water partition coefficient (Wildman–Crippen LogP) is 2.53. The molecule has 4 aromatic rings. The molecular formula is C23H22N8O2. The van der Waals surface area contributed by atoms with E-state index in [1.54, 1.807) is 24.5 Å². The van der Waals surface area contributed by atoms with Gasteiger partial charge in [-0.1, -0.05) is 6.07 Å². The highest BCUT2D eigenvalue weighted by molar-refractivity contribution is 5.95. The standard InChI is InChI=1S/C23H22N8O2/c1-31-20(29-30-22(31)18-7-10-24-14-27-18)13-26-16-5-2-4-15(12-16)23(32)28-17-8-11-33-19-6-3-9-25-21(17)19/h2-7,9-10,12,14,17,26H,8,11,13H2,1H3,(H,28,32). The maximum atomic E-state index is 12.9. The van der Waals surface area contributed by atoms with Crippen LogP contribution < -0.4 is 15.4 Å². The van der Waals surface area contributed by atoms with Gasteiger partial charge in [-0.3, -0.25) is 9.78 Å². The molecule has 10 heteroatoms. The number of anilines is 1. The quantitative estimate of drug-likeness (QED) is 0.467. The number of carbonyl (C=O) groups excluding carboxylic acids is 1. The SMILES string of the molecule is Cn1c(CNc2cccc(C(=O)NC3CCOc4cccnc43)c2)nnc1-c1ccncn1. The molecule has 0 fully saturated rings. The number of nitrogens with one attached hydrogen (secondary N) is 2. The summed E-state index contributed by atoms with van der Waals surface area (Å²) in [5.41, 5.74) is 2.82. The lowest BCUT2D eigenvalue weighted by atomic mass is 10.1. The van der Waals surface area contributed by atoms with Crippen molar-refractivity contribution in [2.24, 2.45) is 7.05 Å². The first-order valence-corrected chi connectivity index (χ1v) is 10.6. The molecule has 33 heavy (non-hydrogen) atoms. The number of ether oxygens (including phenoxy) is 1. The number of nitrogens with zero attached hydrogens (tertiary/aromatic N) is 6. The van der Waals surface area contributed by atoms with Crippen LogP contribution in [0.3, 0.4) is 0 Å². The van der Waals surface area contributed by atoms with Crippen LogP contribution >= 0.6 is 0 Å². The number of hydrogen-bond donors (Lipinski definition) is 2. The first-order chi connectivity index (χ1) is 16.2. The van der Waals surface area contributed by atoms with Crippen molar-refractivity contribution in [2.75, 3.05) is 11.9 Å². The number of hydrogen-bond acceptors (Lipinski definition) is 8. The number of carbonyl (C=O) groups is 1. The second-order valence-electron chi connectivity index (χ2n) is 7.58. The topological polar surface area (TPSA) is 120 Å². The van der Waals surface area contributed by atoms with Gasteiger partial charge in [0, 0.05) is 37.1 Å². The normalized spacial score (nSPS) is 14.8. The van der Waals surface area contributed by atoms with Gasteiger partial charge < -0.3 is 19.9 Å². The summed E-state index contributed by atoms with van der Waals surface area (Å²) in [5.74, 6) is 1.96. The van der Waals surface area contributed by atoms with Crippen molar-refractivity contribution in [3.05, 3.63) is 78.3 Å². The number of aromatic nitrogens is 6. The lowest BCUT2D eigenvalue weighted by Gasteiger charge is -2.25. The summed E-state index contributed by atoms with van der Waals surface area (Å²) in [6.07, 6.45) is 5.53. The zero-order valence-electron chi connectivity index (χ0n) is 18.0. The van der Waals surface area contributed by atoms with Crippen molar-refractivity contribution < 1.29 is 9.53 Å². The summed E-state index contributed by atoms with van der Waals surface area (Å²) in [7, 11) is 1.89. The first kappa shape index (κ1) is 20.6. The van der Waals surface area contributed by atoms with Crippen molar-refractivity contribution in [1.82, 2.24) is 35.0 Å². The minimum absolute atomic E-state index is 0.160. The van der Waals surface area contributed by atoms with E-state index in [-0.39, 0.29) is 11.9 Å². The molecule has 166 valence electrons. The van der Waals surface area contributed by atoms with Gasteiger partial charge in [-0.2, -0.15) is 0 Å². The Morgan fingerprint density at radius 1 is 1.15 bits per heavy atom. The summed E-state index contributed by atoms with van der Waals surface area (Å²) in [6.45, 7) is 0.983. The van der Waals surface area contributed by atoms with Crippen LogP contribution in [-0.2, 0) is 13.6 Å². The summed E-state index contributed by atoms with van der Waals surface area (Å²) >= 11 is 0. The van der Waals surface area contributed by atoms with Crippen molar-refractivity contribution in [3.63, 3.8) is 0 Å². The third kappa shape index (κ3) is 4.36. The Kier molecular flexibility index (Phi) is 5.62. The van der Waals surface area contributed by atoms with Crippen LogP contribution in [0.2, 0.25) is 0 Å². The molecule has 0 saturated carbocycles. The number of rotatable bonds is 6. The highest BCUT2D eigenvalue weighted by Gasteiger charge is 2.24. The van der Waals surface area contributed by atoms with Crippen LogP contribution in [0.5, 0.6) is 5.75 Å². The van der Waals surface area contributed by atoms with Gasteiger partial charge in [-0.25, -0.2) is 9.97 Å². The van der Waals surface area contributed by atoms with Gasteiger partial charge >= 0.3 is 0 Å². The largest absolute Gasteiger partial charge is 0.491 e. The highest BCUT2D eigenvalue weighted by Crippen LogP contribution is 2.29. The number of amides is 1. The van der Waals surface area contributed by atoms with Crippen LogP contribution in [0, 0.1) is 0 Å². The molecule has 1 amide bonds.